The standard InChI is InChI=1S/C10H10ClN3O2/c11-8-5-7(3-1-2-4-12)10(13)9(6-8)14(15)16/h5-6H,2,4,12-13H2. The van der Waals surface area contributed by atoms with Crippen LogP contribution in [-0.4, -0.2) is 11.5 Å². The van der Waals surface area contributed by atoms with Crippen LogP contribution in [-0.2, 0) is 0 Å². The number of benzene rings is 1. The molecule has 0 bridgehead atoms. The summed E-state index contributed by atoms with van der Waals surface area (Å²) in [6.07, 6.45) is 0.500. The van der Waals surface area contributed by atoms with Gasteiger partial charge in [-0.15, -0.1) is 0 Å². The summed E-state index contributed by atoms with van der Waals surface area (Å²) in [4.78, 5) is 10.1. The van der Waals surface area contributed by atoms with Gasteiger partial charge in [-0.3, -0.25) is 10.1 Å². The van der Waals surface area contributed by atoms with Crippen LogP contribution in [0.4, 0.5) is 11.4 Å². The zero-order valence-electron chi connectivity index (χ0n) is 8.37. The Balaban J connectivity index is 3.21. The number of nitro groups is 1. The highest BCUT2D eigenvalue weighted by Gasteiger charge is 2.15. The molecule has 0 saturated heterocycles. The summed E-state index contributed by atoms with van der Waals surface area (Å²) < 4.78 is 0. The summed E-state index contributed by atoms with van der Waals surface area (Å²) in [5, 5.41) is 10.9. The molecule has 0 atom stereocenters. The Labute approximate surface area is 97.5 Å². The van der Waals surface area contributed by atoms with E-state index in [0.717, 1.165) is 0 Å². The molecule has 0 spiro atoms. The van der Waals surface area contributed by atoms with E-state index in [-0.39, 0.29) is 16.4 Å². The minimum absolute atomic E-state index is 0.0268. The first-order valence-corrected chi connectivity index (χ1v) is 4.86. The SMILES string of the molecule is NCCC#Cc1cc(Cl)cc([N+](=O)[O-])c1N. The molecule has 1 rings (SSSR count). The molecule has 0 aliphatic rings. The maximum atomic E-state index is 10.7. The fourth-order valence-electron chi connectivity index (χ4n) is 1.09. The third-order valence-electron chi connectivity index (χ3n) is 1.81. The molecule has 0 aliphatic heterocycles. The summed E-state index contributed by atoms with van der Waals surface area (Å²) in [5.74, 6) is 5.46. The maximum Gasteiger partial charge on any atom is 0.294 e. The third kappa shape index (κ3) is 2.86. The van der Waals surface area contributed by atoms with Crippen molar-refractivity contribution in [2.75, 3.05) is 12.3 Å². The second-order valence-corrected chi connectivity index (χ2v) is 3.42. The van der Waals surface area contributed by atoms with Crippen LogP contribution < -0.4 is 11.5 Å². The molecule has 0 unspecified atom stereocenters. The molecule has 0 aromatic heterocycles. The fraction of sp³-hybridized carbons (Fsp3) is 0.200. The van der Waals surface area contributed by atoms with E-state index < -0.39 is 4.92 Å². The smallest absolute Gasteiger partial charge is 0.294 e. The average Bonchev–Trinajstić information content (AvgIpc) is 2.22. The normalized spacial score (nSPS) is 9.38. The Morgan fingerprint density at radius 2 is 2.19 bits per heavy atom. The molecule has 0 aliphatic carbocycles. The van der Waals surface area contributed by atoms with E-state index in [1.165, 1.54) is 12.1 Å². The lowest BCUT2D eigenvalue weighted by Crippen LogP contribution is -1.99. The van der Waals surface area contributed by atoms with Gasteiger partial charge in [0.1, 0.15) is 5.69 Å². The molecular formula is C10H10ClN3O2. The largest absolute Gasteiger partial charge is 0.392 e. The van der Waals surface area contributed by atoms with Crippen molar-refractivity contribution in [1.29, 1.82) is 0 Å². The molecular weight excluding hydrogens is 230 g/mol. The number of nitrogens with two attached hydrogens (primary N) is 2. The number of nitrogen functional groups attached to an aromatic ring is 1. The number of anilines is 1. The van der Waals surface area contributed by atoms with Crippen LogP contribution in [0.1, 0.15) is 12.0 Å². The quantitative estimate of drug-likeness (QED) is 0.354. The zero-order chi connectivity index (χ0) is 12.1. The van der Waals surface area contributed by atoms with Gasteiger partial charge in [0.2, 0.25) is 0 Å². The number of hydrogen-bond donors (Lipinski definition) is 2. The Morgan fingerprint density at radius 3 is 2.75 bits per heavy atom. The monoisotopic (exact) mass is 239 g/mol. The predicted octanol–water partition coefficient (Wildman–Crippen LogP) is 1.53. The summed E-state index contributed by atoms with van der Waals surface area (Å²) in [7, 11) is 0. The first-order valence-electron chi connectivity index (χ1n) is 4.48. The van der Waals surface area contributed by atoms with E-state index in [9.17, 15) is 10.1 Å². The van der Waals surface area contributed by atoms with Crippen molar-refractivity contribution in [2.45, 2.75) is 6.42 Å². The summed E-state index contributed by atoms with van der Waals surface area (Å²) in [6.45, 7) is 0.426. The van der Waals surface area contributed by atoms with Gasteiger partial charge in [-0.25, -0.2) is 0 Å². The number of nitro benzene ring substituents is 1. The Bertz CT molecular complexity index is 477. The summed E-state index contributed by atoms with van der Waals surface area (Å²) in [5.41, 5.74) is 11.0. The molecule has 84 valence electrons. The van der Waals surface area contributed by atoms with Gasteiger partial charge >= 0.3 is 0 Å². The van der Waals surface area contributed by atoms with Gasteiger partial charge in [0.25, 0.3) is 5.69 Å². The molecule has 1 aromatic rings. The van der Waals surface area contributed by atoms with Crippen molar-refractivity contribution in [3.8, 4) is 11.8 Å². The van der Waals surface area contributed by atoms with E-state index >= 15 is 0 Å². The highest BCUT2D eigenvalue weighted by Crippen LogP contribution is 2.28. The second kappa shape index (κ2) is 5.35. The van der Waals surface area contributed by atoms with Gasteiger partial charge in [0.15, 0.2) is 0 Å². The van der Waals surface area contributed by atoms with Crippen LogP contribution in [0.5, 0.6) is 0 Å². The minimum Gasteiger partial charge on any atom is -0.392 e. The number of rotatable bonds is 2. The summed E-state index contributed by atoms with van der Waals surface area (Å²) >= 11 is 5.73. The van der Waals surface area contributed by atoms with Crippen LogP contribution in [0, 0.1) is 22.0 Å². The van der Waals surface area contributed by atoms with E-state index in [2.05, 4.69) is 11.8 Å². The molecule has 1 aromatic carbocycles. The van der Waals surface area contributed by atoms with E-state index in [1.54, 1.807) is 0 Å². The van der Waals surface area contributed by atoms with Gasteiger partial charge in [-0.05, 0) is 6.07 Å². The lowest BCUT2D eigenvalue weighted by molar-refractivity contribution is -0.383. The Hall–Kier alpha value is -1.77. The molecule has 16 heavy (non-hydrogen) atoms. The lowest BCUT2D eigenvalue weighted by atomic mass is 10.1. The van der Waals surface area contributed by atoms with Crippen LogP contribution >= 0.6 is 11.6 Å². The topological polar surface area (TPSA) is 95.2 Å². The first-order chi connectivity index (χ1) is 7.56. The van der Waals surface area contributed by atoms with E-state index in [0.29, 0.717) is 18.5 Å². The predicted molar refractivity (Wildman–Crippen MR) is 63.1 cm³/mol. The second-order valence-electron chi connectivity index (χ2n) is 2.98. The van der Waals surface area contributed by atoms with Gasteiger partial charge < -0.3 is 11.5 Å². The van der Waals surface area contributed by atoms with Crippen LogP contribution in [0.25, 0.3) is 0 Å². The van der Waals surface area contributed by atoms with Crippen molar-refractivity contribution in [3.63, 3.8) is 0 Å². The number of halogens is 1. The van der Waals surface area contributed by atoms with Crippen LogP contribution in [0.15, 0.2) is 12.1 Å². The number of hydrogen-bond acceptors (Lipinski definition) is 4. The lowest BCUT2D eigenvalue weighted by Gasteiger charge is -2.00. The molecule has 0 radical (unpaired) electrons. The molecule has 0 fully saturated rings. The van der Waals surface area contributed by atoms with Gasteiger partial charge in [0, 0.05) is 24.1 Å². The molecule has 0 amide bonds. The van der Waals surface area contributed by atoms with Crippen LogP contribution in [0.2, 0.25) is 5.02 Å². The van der Waals surface area contributed by atoms with Gasteiger partial charge in [0.05, 0.1) is 10.5 Å². The zero-order valence-corrected chi connectivity index (χ0v) is 9.12. The molecule has 4 N–H and O–H groups in total. The highest BCUT2D eigenvalue weighted by atomic mass is 35.5. The molecule has 0 heterocycles. The van der Waals surface area contributed by atoms with Crippen molar-refractivity contribution >= 4 is 23.0 Å². The van der Waals surface area contributed by atoms with E-state index in [4.69, 9.17) is 23.1 Å². The fourth-order valence-corrected chi connectivity index (χ4v) is 1.30. The molecule has 0 saturated carbocycles. The molecule has 6 heteroatoms. The molecule has 5 nitrogen and oxygen atoms in total. The van der Waals surface area contributed by atoms with Crippen molar-refractivity contribution in [1.82, 2.24) is 0 Å². The Kier molecular flexibility index (Phi) is 4.11. The van der Waals surface area contributed by atoms with Gasteiger partial charge in [-0.1, -0.05) is 23.4 Å². The van der Waals surface area contributed by atoms with Crippen LogP contribution in [0.3, 0.4) is 0 Å². The Morgan fingerprint density at radius 1 is 1.50 bits per heavy atom. The maximum absolute atomic E-state index is 10.7. The third-order valence-corrected chi connectivity index (χ3v) is 2.03. The van der Waals surface area contributed by atoms with Gasteiger partial charge in [-0.2, -0.15) is 0 Å². The first kappa shape index (κ1) is 12.3. The van der Waals surface area contributed by atoms with Crippen molar-refractivity contribution < 1.29 is 4.92 Å². The summed E-state index contributed by atoms with van der Waals surface area (Å²) in [6, 6.07) is 2.69. The van der Waals surface area contributed by atoms with Crippen molar-refractivity contribution in [3.05, 3.63) is 32.8 Å². The highest BCUT2D eigenvalue weighted by molar-refractivity contribution is 6.31. The number of nitrogens with zero attached hydrogens (tertiary/aromatic N) is 1. The van der Waals surface area contributed by atoms with E-state index in [1.807, 2.05) is 0 Å². The van der Waals surface area contributed by atoms with Crippen molar-refractivity contribution in [2.24, 2.45) is 5.73 Å². The average molecular weight is 240 g/mol. The minimum atomic E-state index is -0.588.